The van der Waals surface area contributed by atoms with Crippen LogP contribution in [-0.2, 0) is 9.59 Å². The third-order valence-electron chi connectivity index (χ3n) is 4.58. The maximum absolute atomic E-state index is 12.4. The number of nitrogens with zero attached hydrogens (tertiary/aromatic N) is 3. The molecule has 1 aliphatic heterocycles. The first kappa shape index (κ1) is 19.1. The van der Waals surface area contributed by atoms with Crippen LogP contribution in [0, 0.1) is 19.8 Å². The number of aliphatic carboxylic acids is 1. The Balaban J connectivity index is 1.90. The predicted octanol–water partition coefficient (Wildman–Crippen LogP) is 2.07. The number of carbonyl (C=O) groups excluding carboxylic acids is 1. The van der Waals surface area contributed by atoms with Crippen LogP contribution in [0.1, 0.15) is 50.4 Å². The van der Waals surface area contributed by atoms with Crippen LogP contribution >= 0.6 is 0 Å². The summed E-state index contributed by atoms with van der Waals surface area (Å²) in [5.74, 6) is -0.541. The Morgan fingerprint density at radius 3 is 2.40 bits per heavy atom. The van der Waals surface area contributed by atoms with E-state index in [2.05, 4.69) is 20.2 Å². The highest BCUT2D eigenvalue weighted by atomic mass is 16.4. The molecule has 0 aliphatic carbocycles. The summed E-state index contributed by atoms with van der Waals surface area (Å²) in [6, 6.07) is 1.15. The van der Waals surface area contributed by atoms with Crippen LogP contribution in [0.15, 0.2) is 6.07 Å². The quantitative estimate of drug-likeness (QED) is 0.783. The molecule has 7 nitrogen and oxygen atoms in total. The van der Waals surface area contributed by atoms with E-state index in [4.69, 9.17) is 0 Å². The lowest BCUT2D eigenvalue weighted by Gasteiger charge is -2.32. The highest BCUT2D eigenvalue weighted by Gasteiger charge is 2.29. The van der Waals surface area contributed by atoms with Crippen LogP contribution in [0.3, 0.4) is 0 Å². The average Bonchev–Trinajstić information content (AvgIpc) is 2.57. The number of carboxylic acid groups (broad SMARTS) is 1. The Labute approximate surface area is 148 Å². The second kappa shape index (κ2) is 8.78. The molecule has 0 saturated carbocycles. The molecule has 7 heteroatoms. The first-order chi connectivity index (χ1) is 11.9. The number of carboxylic acids is 1. The van der Waals surface area contributed by atoms with E-state index in [-0.39, 0.29) is 11.8 Å². The van der Waals surface area contributed by atoms with Gasteiger partial charge in [-0.25, -0.2) is 14.8 Å². The lowest BCUT2D eigenvalue weighted by Crippen LogP contribution is -2.46. The van der Waals surface area contributed by atoms with Gasteiger partial charge >= 0.3 is 5.97 Å². The van der Waals surface area contributed by atoms with Gasteiger partial charge in [-0.1, -0.05) is 19.8 Å². The largest absolute Gasteiger partial charge is 0.480 e. The van der Waals surface area contributed by atoms with Gasteiger partial charge in [0.25, 0.3) is 0 Å². The Bertz CT molecular complexity index is 592. The van der Waals surface area contributed by atoms with Gasteiger partial charge in [-0.15, -0.1) is 0 Å². The fourth-order valence-electron chi connectivity index (χ4n) is 3.15. The summed E-state index contributed by atoms with van der Waals surface area (Å²) >= 11 is 0. The van der Waals surface area contributed by atoms with Crippen molar-refractivity contribution < 1.29 is 14.7 Å². The first-order valence-electron chi connectivity index (χ1n) is 9.01. The number of nitrogens with one attached hydrogen (secondary N) is 1. The molecule has 0 radical (unpaired) electrons. The summed E-state index contributed by atoms with van der Waals surface area (Å²) in [4.78, 5) is 34.7. The molecule has 1 aromatic heterocycles. The van der Waals surface area contributed by atoms with Crippen LogP contribution in [0.4, 0.5) is 5.95 Å². The third-order valence-corrected chi connectivity index (χ3v) is 4.58. The molecule has 0 aromatic carbocycles. The molecular formula is C18H28N4O3. The van der Waals surface area contributed by atoms with Crippen molar-refractivity contribution in [1.82, 2.24) is 15.3 Å². The van der Waals surface area contributed by atoms with E-state index in [1.54, 1.807) is 0 Å². The van der Waals surface area contributed by atoms with E-state index in [1.807, 2.05) is 26.8 Å². The fourth-order valence-corrected chi connectivity index (χ4v) is 3.15. The van der Waals surface area contributed by atoms with Crippen LogP contribution in [0.2, 0.25) is 0 Å². The van der Waals surface area contributed by atoms with Gasteiger partial charge in [0.2, 0.25) is 11.9 Å². The van der Waals surface area contributed by atoms with E-state index in [1.165, 1.54) is 0 Å². The van der Waals surface area contributed by atoms with E-state index < -0.39 is 12.0 Å². The molecule has 1 unspecified atom stereocenters. The highest BCUT2D eigenvalue weighted by Crippen LogP contribution is 2.21. The van der Waals surface area contributed by atoms with Crippen molar-refractivity contribution in [2.45, 2.75) is 58.9 Å². The Hall–Kier alpha value is -2.18. The molecule has 1 aromatic rings. The summed E-state index contributed by atoms with van der Waals surface area (Å²) in [5.41, 5.74) is 1.87. The standard InChI is InChI=1S/C18H28N4O3/c1-4-5-6-15(17(24)25)21-16(23)14-7-9-22(10-8-14)18-19-12(2)11-13(3)20-18/h11,14-15H,4-10H2,1-3H3,(H,21,23)(H,24,25). The van der Waals surface area contributed by atoms with Crippen molar-refractivity contribution in [3.63, 3.8) is 0 Å². The number of piperidine rings is 1. The summed E-state index contributed by atoms with van der Waals surface area (Å²) in [6.45, 7) is 7.30. The van der Waals surface area contributed by atoms with Crippen molar-refractivity contribution in [3.05, 3.63) is 17.5 Å². The molecule has 1 atom stereocenters. The molecule has 1 amide bonds. The zero-order chi connectivity index (χ0) is 18.4. The molecule has 2 heterocycles. The Morgan fingerprint density at radius 2 is 1.88 bits per heavy atom. The number of rotatable bonds is 7. The van der Waals surface area contributed by atoms with Gasteiger partial charge in [-0.3, -0.25) is 4.79 Å². The molecule has 1 aliphatic rings. The molecule has 25 heavy (non-hydrogen) atoms. The second-order valence-corrected chi connectivity index (χ2v) is 6.75. The van der Waals surface area contributed by atoms with Crippen molar-refractivity contribution in [2.24, 2.45) is 5.92 Å². The maximum atomic E-state index is 12.4. The maximum Gasteiger partial charge on any atom is 0.326 e. The number of unbranched alkanes of at least 4 members (excludes halogenated alkanes) is 1. The molecule has 1 fully saturated rings. The predicted molar refractivity (Wildman–Crippen MR) is 95.5 cm³/mol. The SMILES string of the molecule is CCCCC(NC(=O)C1CCN(c2nc(C)cc(C)n2)CC1)C(=O)O. The normalized spacial score (nSPS) is 16.5. The minimum Gasteiger partial charge on any atom is -0.480 e. The van der Waals surface area contributed by atoms with Crippen molar-refractivity contribution in [3.8, 4) is 0 Å². The van der Waals surface area contributed by atoms with E-state index in [0.717, 1.165) is 24.2 Å². The van der Waals surface area contributed by atoms with Crippen molar-refractivity contribution in [1.29, 1.82) is 0 Å². The summed E-state index contributed by atoms with van der Waals surface area (Å²) < 4.78 is 0. The zero-order valence-corrected chi connectivity index (χ0v) is 15.3. The van der Waals surface area contributed by atoms with Crippen LogP contribution in [0.25, 0.3) is 0 Å². The van der Waals surface area contributed by atoms with Crippen molar-refractivity contribution in [2.75, 3.05) is 18.0 Å². The molecule has 0 spiro atoms. The lowest BCUT2D eigenvalue weighted by atomic mass is 9.95. The van der Waals surface area contributed by atoms with Gasteiger partial charge in [0.05, 0.1) is 0 Å². The smallest absolute Gasteiger partial charge is 0.326 e. The number of hydrogen-bond donors (Lipinski definition) is 2. The Morgan fingerprint density at radius 1 is 1.28 bits per heavy atom. The molecule has 2 N–H and O–H groups in total. The van der Waals surface area contributed by atoms with E-state index >= 15 is 0 Å². The van der Waals surface area contributed by atoms with Gasteiger partial charge in [-0.2, -0.15) is 0 Å². The monoisotopic (exact) mass is 348 g/mol. The fraction of sp³-hybridized carbons (Fsp3) is 0.667. The molecular weight excluding hydrogens is 320 g/mol. The number of aryl methyl sites for hydroxylation is 2. The van der Waals surface area contributed by atoms with Gasteiger partial charge in [0.1, 0.15) is 6.04 Å². The van der Waals surface area contributed by atoms with Gasteiger partial charge in [0, 0.05) is 30.4 Å². The van der Waals surface area contributed by atoms with Gasteiger partial charge in [-0.05, 0) is 39.2 Å². The molecule has 0 bridgehead atoms. The number of carbonyl (C=O) groups is 2. The number of hydrogen-bond acceptors (Lipinski definition) is 5. The number of amides is 1. The Kier molecular flexibility index (Phi) is 6.73. The van der Waals surface area contributed by atoms with E-state index in [9.17, 15) is 14.7 Å². The molecule has 2 rings (SSSR count). The van der Waals surface area contributed by atoms with E-state index in [0.29, 0.717) is 38.3 Å². The van der Waals surface area contributed by atoms with Crippen molar-refractivity contribution >= 4 is 17.8 Å². The van der Waals surface area contributed by atoms with Crippen LogP contribution in [-0.4, -0.2) is 46.1 Å². The second-order valence-electron chi connectivity index (χ2n) is 6.75. The van der Waals surface area contributed by atoms with Crippen LogP contribution in [0.5, 0.6) is 0 Å². The lowest BCUT2D eigenvalue weighted by molar-refractivity contribution is -0.142. The molecule has 1 saturated heterocycles. The topological polar surface area (TPSA) is 95.4 Å². The average molecular weight is 348 g/mol. The number of anilines is 1. The van der Waals surface area contributed by atoms with Crippen LogP contribution < -0.4 is 10.2 Å². The molecule has 138 valence electrons. The zero-order valence-electron chi connectivity index (χ0n) is 15.3. The van der Waals surface area contributed by atoms with Gasteiger partial charge in [0.15, 0.2) is 0 Å². The minimum absolute atomic E-state index is 0.148. The summed E-state index contributed by atoms with van der Waals surface area (Å²) in [7, 11) is 0. The number of aromatic nitrogens is 2. The summed E-state index contributed by atoms with van der Waals surface area (Å²) in [6.07, 6.45) is 3.55. The minimum atomic E-state index is -0.956. The first-order valence-corrected chi connectivity index (χ1v) is 9.01. The third kappa shape index (κ3) is 5.41. The summed E-state index contributed by atoms with van der Waals surface area (Å²) in [5, 5.41) is 12.0. The highest BCUT2D eigenvalue weighted by molar-refractivity contribution is 5.85. The van der Waals surface area contributed by atoms with Gasteiger partial charge < -0.3 is 15.3 Å².